The van der Waals surface area contributed by atoms with Crippen LogP contribution in [-0.4, -0.2) is 60.8 Å². The van der Waals surface area contributed by atoms with Crippen molar-refractivity contribution in [1.29, 1.82) is 0 Å². The highest BCUT2D eigenvalue weighted by molar-refractivity contribution is 5.95. The topological polar surface area (TPSA) is 118 Å². The van der Waals surface area contributed by atoms with Crippen molar-refractivity contribution in [3.05, 3.63) is 11.6 Å². The fourth-order valence-electron chi connectivity index (χ4n) is 8.32. The molecule has 0 bridgehead atoms. The summed E-state index contributed by atoms with van der Waals surface area (Å²) < 4.78 is 0. The number of allylic oxidation sites excluding steroid dienone is 1. The highest BCUT2D eigenvalue weighted by Crippen LogP contribution is 2.68. The number of aliphatic hydroxyl groups excluding tert-OH is 3. The highest BCUT2D eigenvalue weighted by atomic mass is 16.3. The van der Waals surface area contributed by atoms with Gasteiger partial charge in [0.05, 0.1) is 29.5 Å². The molecule has 0 heterocycles. The van der Waals surface area contributed by atoms with Crippen LogP contribution in [0.4, 0.5) is 0 Å². The molecule has 0 radical (unpaired) electrons. The van der Waals surface area contributed by atoms with E-state index in [4.69, 9.17) is 0 Å². The van der Waals surface area contributed by atoms with Crippen molar-refractivity contribution in [2.24, 2.45) is 34.5 Å². The van der Waals surface area contributed by atoms with Gasteiger partial charge in [0.25, 0.3) is 0 Å². The number of rotatable bonds is 5. The van der Waals surface area contributed by atoms with E-state index in [1.165, 1.54) is 0 Å². The van der Waals surface area contributed by atoms with Crippen LogP contribution in [0.15, 0.2) is 11.6 Å². The van der Waals surface area contributed by atoms with Crippen LogP contribution < -0.4 is 0 Å². The Kier molecular flexibility index (Phi) is 6.23. The van der Waals surface area contributed by atoms with E-state index in [9.17, 15) is 30.3 Å². The van der Waals surface area contributed by atoms with Crippen molar-refractivity contribution in [3.8, 4) is 0 Å². The molecule has 2 unspecified atom stereocenters. The lowest BCUT2D eigenvalue weighted by atomic mass is 9.45. The van der Waals surface area contributed by atoms with Crippen LogP contribution in [0.25, 0.3) is 0 Å². The zero-order valence-corrected chi connectivity index (χ0v) is 20.9. The molecule has 0 aromatic rings. The molecule has 188 valence electrons. The predicted octanol–water partition coefficient (Wildman–Crippen LogP) is 2.74. The van der Waals surface area contributed by atoms with Gasteiger partial charge in [0.15, 0.2) is 5.78 Å². The van der Waals surface area contributed by atoms with Crippen molar-refractivity contribution in [2.45, 2.75) is 115 Å². The van der Waals surface area contributed by atoms with E-state index >= 15 is 0 Å². The maximum absolute atomic E-state index is 13.2. The molecule has 4 aliphatic carbocycles. The van der Waals surface area contributed by atoms with Crippen LogP contribution in [0, 0.1) is 34.5 Å². The molecule has 6 heteroatoms. The SMILES string of the molecule is CC(C)CC[C@@H](O)[C@](C)(O)[C@H]1CC[C@@]2(O)C3=CC(=O)C4C[C@@H](O)[C@@H](O)C[C@]4(C)C3CC[C@]12C. The summed E-state index contributed by atoms with van der Waals surface area (Å²) >= 11 is 0. The first-order chi connectivity index (χ1) is 15.2. The standard InChI is InChI=1S/C27H44O6/c1-15(2)6-7-23(31)26(5,32)22-9-11-27(33)17-12-19(28)18-13-20(29)21(30)14-24(18,3)16(17)8-10-25(22,27)4/h12,15-16,18,20-23,29-33H,6-11,13-14H2,1-5H3/t16?,18?,20-,21+,22+,23-,24-,25-,26-,27-/m1/s1. The largest absolute Gasteiger partial charge is 0.390 e. The third kappa shape index (κ3) is 3.58. The van der Waals surface area contributed by atoms with Gasteiger partial charge in [-0.2, -0.15) is 0 Å². The molecule has 0 aliphatic heterocycles. The average molecular weight is 465 g/mol. The highest BCUT2D eigenvalue weighted by Gasteiger charge is 2.69. The van der Waals surface area contributed by atoms with Gasteiger partial charge in [-0.05, 0) is 93.1 Å². The van der Waals surface area contributed by atoms with Crippen molar-refractivity contribution < 1.29 is 30.3 Å². The van der Waals surface area contributed by atoms with Gasteiger partial charge in [-0.25, -0.2) is 0 Å². The van der Waals surface area contributed by atoms with Crippen LogP contribution in [0.1, 0.15) is 86.0 Å². The summed E-state index contributed by atoms with van der Waals surface area (Å²) in [5.41, 5.74) is -2.98. The third-order valence-electron chi connectivity index (χ3n) is 10.5. The second-order valence-electron chi connectivity index (χ2n) is 12.8. The van der Waals surface area contributed by atoms with Gasteiger partial charge in [-0.1, -0.05) is 27.7 Å². The molecule has 5 N–H and O–H groups in total. The van der Waals surface area contributed by atoms with Crippen LogP contribution in [0.3, 0.4) is 0 Å². The number of carbonyl (C=O) groups excluding carboxylic acids is 1. The number of carbonyl (C=O) groups is 1. The van der Waals surface area contributed by atoms with E-state index in [0.717, 1.165) is 18.4 Å². The van der Waals surface area contributed by atoms with Crippen LogP contribution in [0.5, 0.6) is 0 Å². The lowest BCUT2D eigenvalue weighted by molar-refractivity contribution is -0.176. The van der Waals surface area contributed by atoms with Gasteiger partial charge in [0.2, 0.25) is 0 Å². The fraction of sp³-hybridized carbons (Fsp3) is 0.889. The van der Waals surface area contributed by atoms with Crippen molar-refractivity contribution >= 4 is 5.78 Å². The molecule has 3 saturated carbocycles. The summed E-state index contributed by atoms with van der Waals surface area (Å²) in [6, 6.07) is 0. The van der Waals surface area contributed by atoms with Crippen molar-refractivity contribution in [1.82, 2.24) is 0 Å². The maximum atomic E-state index is 13.2. The summed E-state index contributed by atoms with van der Waals surface area (Å²) in [4.78, 5) is 13.2. The minimum atomic E-state index is -1.34. The first-order valence-corrected chi connectivity index (χ1v) is 12.9. The van der Waals surface area contributed by atoms with E-state index in [1.54, 1.807) is 13.0 Å². The number of hydrogen-bond acceptors (Lipinski definition) is 6. The molecular weight excluding hydrogens is 420 g/mol. The molecule has 6 nitrogen and oxygen atoms in total. The summed E-state index contributed by atoms with van der Waals surface area (Å²) in [6.45, 7) is 9.96. The molecule has 0 saturated heterocycles. The van der Waals surface area contributed by atoms with Gasteiger partial charge in [0.1, 0.15) is 0 Å². The third-order valence-corrected chi connectivity index (χ3v) is 10.5. The van der Waals surface area contributed by atoms with Gasteiger partial charge in [-0.3, -0.25) is 4.79 Å². The molecule has 4 rings (SSSR count). The lowest BCUT2D eigenvalue weighted by Gasteiger charge is -2.60. The molecular formula is C27H44O6. The molecule has 10 atom stereocenters. The Bertz CT molecular complexity index is 819. The summed E-state index contributed by atoms with van der Waals surface area (Å²) in [7, 11) is 0. The van der Waals surface area contributed by atoms with E-state index in [2.05, 4.69) is 13.8 Å². The Balaban J connectivity index is 1.68. The second kappa shape index (κ2) is 8.12. The van der Waals surface area contributed by atoms with Crippen molar-refractivity contribution in [2.75, 3.05) is 0 Å². The van der Waals surface area contributed by atoms with Crippen LogP contribution >= 0.6 is 0 Å². The average Bonchev–Trinajstić information content (AvgIpc) is 3.00. The Labute approximate surface area is 198 Å². The Morgan fingerprint density at radius 1 is 1.09 bits per heavy atom. The number of fused-ring (bicyclic) bond motifs is 5. The normalized spacial score (nSPS) is 47.9. The predicted molar refractivity (Wildman–Crippen MR) is 125 cm³/mol. The number of hydrogen-bond donors (Lipinski definition) is 5. The quantitative estimate of drug-likeness (QED) is 0.427. The molecule has 33 heavy (non-hydrogen) atoms. The van der Waals surface area contributed by atoms with E-state index in [-0.39, 0.29) is 30.0 Å². The Morgan fingerprint density at radius 2 is 1.76 bits per heavy atom. The van der Waals surface area contributed by atoms with E-state index < -0.39 is 40.3 Å². The monoisotopic (exact) mass is 464 g/mol. The lowest BCUT2D eigenvalue weighted by Crippen LogP contribution is -2.62. The molecule has 0 amide bonds. The summed E-state index contributed by atoms with van der Waals surface area (Å²) in [5, 5.41) is 55.4. The number of aliphatic hydroxyl groups is 5. The van der Waals surface area contributed by atoms with Gasteiger partial charge in [0, 0.05) is 11.3 Å². The van der Waals surface area contributed by atoms with E-state index in [1.807, 2.05) is 13.8 Å². The maximum Gasteiger partial charge on any atom is 0.159 e. The zero-order valence-electron chi connectivity index (χ0n) is 20.9. The molecule has 4 aliphatic rings. The zero-order chi connectivity index (χ0) is 24.6. The molecule has 0 spiro atoms. The van der Waals surface area contributed by atoms with Crippen LogP contribution in [0.2, 0.25) is 0 Å². The smallest absolute Gasteiger partial charge is 0.159 e. The minimum Gasteiger partial charge on any atom is -0.390 e. The summed E-state index contributed by atoms with van der Waals surface area (Å²) in [5.74, 6) is -0.331. The molecule has 0 aromatic carbocycles. The van der Waals surface area contributed by atoms with Crippen LogP contribution in [-0.2, 0) is 4.79 Å². The van der Waals surface area contributed by atoms with E-state index in [0.29, 0.717) is 38.0 Å². The summed E-state index contributed by atoms with van der Waals surface area (Å²) in [6.07, 6.45) is 3.39. The fourth-order valence-corrected chi connectivity index (χ4v) is 8.32. The molecule has 0 aromatic heterocycles. The first kappa shape index (κ1) is 25.3. The minimum absolute atomic E-state index is 0.0463. The van der Waals surface area contributed by atoms with Gasteiger partial charge < -0.3 is 25.5 Å². The second-order valence-corrected chi connectivity index (χ2v) is 12.8. The van der Waals surface area contributed by atoms with Gasteiger partial charge >= 0.3 is 0 Å². The Morgan fingerprint density at radius 3 is 2.39 bits per heavy atom. The first-order valence-electron chi connectivity index (χ1n) is 12.9. The number of ketones is 1. The Hall–Kier alpha value is -0.790. The van der Waals surface area contributed by atoms with Crippen molar-refractivity contribution in [3.63, 3.8) is 0 Å². The molecule has 3 fully saturated rings. The van der Waals surface area contributed by atoms with Gasteiger partial charge in [-0.15, -0.1) is 0 Å².